The van der Waals surface area contributed by atoms with Crippen LogP contribution in [-0.2, 0) is 0 Å². The average Bonchev–Trinajstić information content (AvgIpc) is 2.84. The third-order valence-corrected chi connectivity index (χ3v) is 3.91. The average molecular weight is 259 g/mol. The molecule has 0 aromatic carbocycles. The van der Waals surface area contributed by atoms with Gasteiger partial charge in [0.2, 0.25) is 0 Å². The molecule has 2 aromatic rings. The summed E-state index contributed by atoms with van der Waals surface area (Å²) in [6.45, 7) is 5.61. The van der Waals surface area contributed by atoms with Gasteiger partial charge in [0, 0.05) is 12.2 Å². The second-order valence-electron chi connectivity index (χ2n) is 5.54. The van der Waals surface area contributed by atoms with Crippen LogP contribution in [0.5, 0.6) is 0 Å². The van der Waals surface area contributed by atoms with E-state index in [4.69, 9.17) is 5.73 Å². The number of nitrogens with two attached hydrogens (primary N) is 1. The molecule has 0 bridgehead atoms. The molecule has 2 aromatic heterocycles. The molecule has 0 radical (unpaired) electrons. The molecule has 0 amide bonds. The van der Waals surface area contributed by atoms with E-state index in [0.717, 1.165) is 24.4 Å². The lowest BCUT2D eigenvalue weighted by atomic mass is 10.00. The van der Waals surface area contributed by atoms with Crippen LogP contribution in [-0.4, -0.2) is 32.1 Å². The number of nitrogens with zero attached hydrogens (tertiary/aromatic N) is 4. The van der Waals surface area contributed by atoms with Gasteiger partial charge in [-0.1, -0.05) is 6.42 Å². The van der Waals surface area contributed by atoms with Crippen LogP contribution in [0.2, 0.25) is 0 Å². The molecule has 1 saturated heterocycles. The van der Waals surface area contributed by atoms with E-state index in [1.54, 1.807) is 4.52 Å². The third-order valence-electron chi connectivity index (χ3n) is 3.91. The van der Waals surface area contributed by atoms with Gasteiger partial charge < -0.3 is 5.73 Å². The smallest absolute Gasteiger partial charge is 0.178 e. The van der Waals surface area contributed by atoms with E-state index in [-0.39, 0.29) is 0 Å². The highest BCUT2D eigenvalue weighted by molar-refractivity contribution is 5.63. The first kappa shape index (κ1) is 12.4. The monoisotopic (exact) mass is 259 g/mol. The number of hydrogen-bond donors (Lipinski definition) is 1. The fourth-order valence-electron chi connectivity index (χ4n) is 2.93. The van der Waals surface area contributed by atoms with Crippen LogP contribution in [0, 0.1) is 0 Å². The molecule has 1 aliphatic heterocycles. The largest absolute Gasteiger partial charge is 0.396 e. The van der Waals surface area contributed by atoms with E-state index in [2.05, 4.69) is 28.8 Å². The molecule has 3 rings (SSSR count). The Bertz CT molecular complexity index is 574. The molecule has 1 unspecified atom stereocenters. The van der Waals surface area contributed by atoms with Gasteiger partial charge in [-0.05, 0) is 45.4 Å². The van der Waals surface area contributed by atoms with E-state index >= 15 is 0 Å². The van der Waals surface area contributed by atoms with Crippen molar-refractivity contribution >= 4 is 11.3 Å². The maximum atomic E-state index is 5.96. The minimum Gasteiger partial charge on any atom is -0.396 e. The molecule has 0 spiro atoms. The van der Waals surface area contributed by atoms with Crippen molar-refractivity contribution in [3.8, 4) is 0 Å². The number of rotatable bonds is 2. The third kappa shape index (κ3) is 2.18. The number of pyridine rings is 1. The van der Waals surface area contributed by atoms with Crippen molar-refractivity contribution in [1.29, 1.82) is 0 Å². The summed E-state index contributed by atoms with van der Waals surface area (Å²) in [7, 11) is 0. The minimum absolute atomic E-state index is 0.327. The van der Waals surface area contributed by atoms with Gasteiger partial charge in [-0.2, -0.15) is 0 Å². The number of fused-ring (bicyclic) bond motifs is 1. The maximum absolute atomic E-state index is 5.96. The maximum Gasteiger partial charge on any atom is 0.178 e. The Morgan fingerprint density at radius 3 is 2.95 bits per heavy atom. The second-order valence-corrected chi connectivity index (χ2v) is 5.54. The van der Waals surface area contributed by atoms with Gasteiger partial charge in [0.25, 0.3) is 0 Å². The number of nitrogen functional groups attached to an aromatic ring is 1. The zero-order valence-corrected chi connectivity index (χ0v) is 11.6. The molecule has 5 nitrogen and oxygen atoms in total. The fourth-order valence-corrected chi connectivity index (χ4v) is 2.93. The lowest BCUT2D eigenvalue weighted by molar-refractivity contribution is 0.106. The van der Waals surface area contributed by atoms with Gasteiger partial charge in [-0.15, -0.1) is 5.10 Å². The molecule has 1 atom stereocenters. The Balaban J connectivity index is 2.00. The molecular formula is C14H21N5. The predicted octanol–water partition coefficient (Wildman–Crippen LogP) is 2.25. The molecular weight excluding hydrogens is 238 g/mol. The minimum atomic E-state index is 0.327. The summed E-state index contributed by atoms with van der Waals surface area (Å²) in [5.41, 5.74) is 7.41. The lowest BCUT2D eigenvalue weighted by Gasteiger charge is -2.36. The topological polar surface area (TPSA) is 59.5 Å². The zero-order chi connectivity index (χ0) is 13.4. The van der Waals surface area contributed by atoms with Gasteiger partial charge in [0.05, 0.1) is 11.7 Å². The molecule has 3 heterocycles. The first-order valence-corrected chi connectivity index (χ1v) is 7.03. The number of piperidine rings is 1. The Morgan fingerprint density at radius 2 is 2.21 bits per heavy atom. The molecule has 1 fully saturated rings. The Labute approximate surface area is 113 Å². The van der Waals surface area contributed by atoms with Crippen LogP contribution in [0.1, 0.15) is 45.0 Å². The lowest BCUT2D eigenvalue weighted by Crippen LogP contribution is -2.39. The van der Waals surface area contributed by atoms with Crippen molar-refractivity contribution in [1.82, 2.24) is 19.5 Å². The highest BCUT2D eigenvalue weighted by Gasteiger charge is 2.29. The highest BCUT2D eigenvalue weighted by atomic mass is 15.3. The Kier molecular flexibility index (Phi) is 3.14. The van der Waals surface area contributed by atoms with Gasteiger partial charge in [-0.3, -0.25) is 4.90 Å². The molecule has 19 heavy (non-hydrogen) atoms. The summed E-state index contributed by atoms with van der Waals surface area (Å²) in [5.74, 6) is 0.909. The summed E-state index contributed by atoms with van der Waals surface area (Å²) < 4.78 is 1.79. The van der Waals surface area contributed by atoms with Gasteiger partial charge in [0.15, 0.2) is 11.5 Å². The van der Waals surface area contributed by atoms with Crippen molar-refractivity contribution in [3.05, 3.63) is 24.2 Å². The van der Waals surface area contributed by atoms with E-state index in [9.17, 15) is 0 Å². The SMILES string of the molecule is CC(C)N1CCCCC1c1nc2c(N)cccn2n1. The molecule has 0 saturated carbocycles. The van der Waals surface area contributed by atoms with Crippen molar-refractivity contribution in [2.45, 2.75) is 45.2 Å². The van der Waals surface area contributed by atoms with Crippen LogP contribution in [0.3, 0.4) is 0 Å². The number of hydrogen-bond acceptors (Lipinski definition) is 4. The van der Waals surface area contributed by atoms with E-state index < -0.39 is 0 Å². The van der Waals surface area contributed by atoms with Crippen LogP contribution >= 0.6 is 0 Å². The van der Waals surface area contributed by atoms with Crippen molar-refractivity contribution in [2.75, 3.05) is 12.3 Å². The number of anilines is 1. The Hall–Kier alpha value is -1.62. The number of likely N-dealkylation sites (tertiary alicyclic amines) is 1. The fraction of sp³-hybridized carbons (Fsp3) is 0.571. The normalized spacial score (nSPS) is 21.3. The standard InChI is InChI=1S/C14H21N5/c1-10(2)18-8-4-3-7-12(18)13-16-14-11(15)6-5-9-19(14)17-13/h5-6,9-10,12H,3-4,7-8,15H2,1-2H3. The summed E-state index contributed by atoms with van der Waals surface area (Å²) in [6.07, 6.45) is 5.56. The van der Waals surface area contributed by atoms with Crippen molar-refractivity contribution in [3.63, 3.8) is 0 Å². The molecule has 1 aliphatic rings. The van der Waals surface area contributed by atoms with Crippen LogP contribution in [0.25, 0.3) is 5.65 Å². The number of aromatic nitrogens is 3. The van der Waals surface area contributed by atoms with E-state index in [1.165, 1.54) is 12.8 Å². The quantitative estimate of drug-likeness (QED) is 0.898. The van der Waals surface area contributed by atoms with E-state index in [0.29, 0.717) is 17.8 Å². The Morgan fingerprint density at radius 1 is 1.37 bits per heavy atom. The van der Waals surface area contributed by atoms with Crippen molar-refractivity contribution < 1.29 is 0 Å². The van der Waals surface area contributed by atoms with Gasteiger partial charge >= 0.3 is 0 Å². The first-order chi connectivity index (χ1) is 9.16. The molecule has 5 heteroatoms. The van der Waals surface area contributed by atoms with Gasteiger partial charge in [0.1, 0.15) is 0 Å². The molecule has 102 valence electrons. The van der Waals surface area contributed by atoms with E-state index in [1.807, 2.05) is 18.3 Å². The van der Waals surface area contributed by atoms with Crippen LogP contribution in [0.15, 0.2) is 18.3 Å². The summed E-state index contributed by atoms with van der Waals surface area (Å²) >= 11 is 0. The second kappa shape index (κ2) is 4.81. The van der Waals surface area contributed by atoms with Crippen molar-refractivity contribution in [2.24, 2.45) is 0 Å². The van der Waals surface area contributed by atoms with Crippen LogP contribution < -0.4 is 5.73 Å². The first-order valence-electron chi connectivity index (χ1n) is 7.03. The van der Waals surface area contributed by atoms with Gasteiger partial charge in [-0.25, -0.2) is 9.50 Å². The predicted molar refractivity (Wildman–Crippen MR) is 75.8 cm³/mol. The molecule has 2 N–H and O–H groups in total. The molecule has 0 aliphatic carbocycles. The highest BCUT2D eigenvalue weighted by Crippen LogP contribution is 2.31. The summed E-state index contributed by atoms with van der Waals surface area (Å²) in [5, 5.41) is 4.61. The summed E-state index contributed by atoms with van der Waals surface area (Å²) in [4.78, 5) is 7.15. The van der Waals surface area contributed by atoms with Crippen LogP contribution in [0.4, 0.5) is 5.69 Å². The summed E-state index contributed by atoms with van der Waals surface area (Å²) in [6, 6.07) is 4.62. The zero-order valence-electron chi connectivity index (χ0n) is 11.6.